The Bertz CT molecular complexity index is 777. The van der Waals surface area contributed by atoms with Gasteiger partial charge in [0, 0.05) is 16.7 Å². The molecule has 0 radical (unpaired) electrons. The van der Waals surface area contributed by atoms with E-state index in [0.29, 0.717) is 16.3 Å². The molecule has 126 valence electrons. The Morgan fingerprint density at radius 3 is 2.54 bits per heavy atom. The minimum atomic E-state index is -0.552. The maximum absolute atomic E-state index is 12.3. The van der Waals surface area contributed by atoms with E-state index < -0.39 is 5.97 Å². The van der Waals surface area contributed by atoms with Crippen molar-refractivity contribution >= 4 is 40.8 Å². The monoisotopic (exact) mass is 367 g/mol. The fraction of sp³-hybridized carbons (Fsp3) is 0.176. The standard InChI is InChI=1S/C17H15Cl2NO4/c1-3-24-17(22)12-8-13(19)14(9-15(12)23-2)20-16(21)10-5-4-6-11(18)7-10/h4-9H,3H2,1-2H3,(H,20,21). The topological polar surface area (TPSA) is 64.6 Å². The zero-order valence-electron chi connectivity index (χ0n) is 13.1. The second-order valence-electron chi connectivity index (χ2n) is 4.72. The van der Waals surface area contributed by atoms with Crippen LogP contribution < -0.4 is 10.1 Å². The molecular weight excluding hydrogens is 353 g/mol. The molecule has 0 aliphatic rings. The average Bonchev–Trinajstić information content (AvgIpc) is 2.56. The molecule has 0 bridgehead atoms. The van der Waals surface area contributed by atoms with Gasteiger partial charge in [-0.3, -0.25) is 4.79 Å². The number of halogens is 2. The SMILES string of the molecule is CCOC(=O)c1cc(Cl)c(NC(=O)c2cccc(Cl)c2)cc1OC. The van der Waals surface area contributed by atoms with E-state index in [2.05, 4.69) is 5.32 Å². The maximum Gasteiger partial charge on any atom is 0.341 e. The first-order chi connectivity index (χ1) is 11.5. The van der Waals surface area contributed by atoms with Crippen LogP contribution in [0.15, 0.2) is 36.4 Å². The van der Waals surface area contributed by atoms with Crippen molar-refractivity contribution in [2.75, 3.05) is 19.0 Å². The van der Waals surface area contributed by atoms with Gasteiger partial charge in [-0.15, -0.1) is 0 Å². The van der Waals surface area contributed by atoms with E-state index in [-0.39, 0.29) is 28.8 Å². The predicted molar refractivity (Wildman–Crippen MR) is 93.4 cm³/mol. The summed E-state index contributed by atoms with van der Waals surface area (Å²) >= 11 is 12.0. The third-order valence-corrected chi connectivity index (χ3v) is 3.67. The lowest BCUT2D eigenvalue weighted by Crippen LogP contribution is -2.13. The molecule has 0 saturated carbocycles. The summed E-state index contributed by atoms with van der Waals surface area (Å²) in [5, 5.41) is 3.30. The molecule has 0 atom stereocenters. The van der Waals surface area contributed by atoms with Crippen LogP contribution in [-0.4, -0.2) is 25.6 Å². The highest BCUT2D eigenvalue weighted by molar-refractivity contribution is 6.34. The summed E-state index contributed by atoms with van der Waals surface area (Å²) in [6, 6.07) is 9.36. The van der Waals surface area contributed by atoms with Crippen LogP contribution in [0.25, 0.3) is 0 Å². The molecule has 2 aromatic rings. The molecule has 1 N–H and O–H groups in total. The smallest absolute Gasteiger partial charge is 0.341 e. The Labute approximate surface area is 149 Å². The maximum atomic E-state index is 12.3. The van der Waals surface area contributed by atoms with Crippen molar-refractivity contribution in [3.8, 4) is 5.75 Å². The van der Waals surface area contributed by atoms with Gasteiger partial charge < -0.3 is 14.8 Å². The van der Waals surface area contributed by atoms with Crippen molar-refractivity contribution in [1.29, 1.82) is 0 Å². The highest BCUT2D eigenvalue weighted by Gasteiger charge is 2.18. The van der Waals surface area contributed by atoms with Gasteiger partial charge in [-0.1, -0.05) is 29.3 Å². The Hall–Kier alpha value is -2.24. The number of rotatable bonds is 5. The molecule has 0 spiro atoms. The van der Waals surface area contributed by atoms with Crippen LogP contribution in [0.2, 0.25) is 10.0 Å². The number of hydrogen-bond acceptors (Lipinski definition) is 4. The van der Waals surface area contributed by atoms with Crippen molar-refractivity contribution < 1.29 is 19.1 Å². The van der Waals surface area contributed by atoms with Crippen molar-refractivity contribution in [2.45, 2.75) is 6.92 Å². The molecule has 0 aromatic heterocycles. The molecule has 0 saturated heterocycles. The largest absolute Gasteiger partial charge is 0.496 e. The van der Waals surface area contributed by atoms with Crippen molar-refractivity contribution in [1.82, 2.24) is 0 Å². The van der Waals surface area contributed by atoms with Gasteiger partial charge in [0.15, 0.2) is 0 Å². The van der Waals surface area contributed by atoms with Crippen LogP contribution in [0, 0.1) is 0 Å². The van der Waals surface area contributed by atoms with E-state index >= 15 is 0 Å². The summed E-state index contributed by atoms with van der Waals surface area (Å²) in [7, 11) is 1.41. The van der Waals surface area contributed by atoms with Gasteiger partial charge >= 0.3 is 5.97 Å². The average molecular weight is 368 g/mol. The number of amides is 1. The van der Waals surface area contributed by atoms with E-state index in [9.17, 15) is 9.59 Å². The van der Waals surface area contributed by atoms with E-state index in [1.165, 1.54) is 25.3 Å². The lowest BCUT2D eigenvalue weighted by molar-refractivity contribution is 0.0522. The van der Waals surface area contributed by atoms with Crippen molar-refractivity contribution in [3.63, 3.8) is 0 Å². The van der Waals surface area contributed by atoms with Crippen molar-refractivity contribution in [2.24, 2.45) is 0 Å². The van der Waals surface area contributed by atoms with Gasteiger partial charge in [-0.2, -0.15) is 0 Å². The number of anilines is 1. The number of nitrogens with one attached hydrogen (secondary N) is 1. The molecule has 24 heavy (non-hydrogen) atoms. The molecule has 5 nitrogen and oxygen atoms in total. The lowest BCUT2D eigenvalue weighted by atomic mass is 10.1. The molecule has 0 aliphatic heterocycles. The third kappa shape index (κ3) is 4.19. The van der Waals surface area contributed by atoms with Gasteiger partial charge in [-0.25, -0.2) is 4.79 Å². The van der Waals surface area contributed by atoms with E-state index in [0.717, 1.165) is 0 Å². The predicted octanol–water partition coefficient (Wildman–Crippen LogP) is 4.43. The quantitative estimate of drug-likeness (QED) is 0.793. The summed E-state index contributed by atoms with van der Waals surface area (Å²) < 4.78 is 10.1. The molecule has 0 heterocycles. The fourth-order valence-electron chi connectivity index (χ4n) is 2.01. The van der Waals surface area contributed by atoms with Crippen molar-refractivity contribution in [3.05, 3.63) is 57.6 Å². The number of ether oxygens (including phenoxy) is 2. The molecule has 2 aromatic carbocycles. The molecular formula is C17H15Cl2NO4. The number of methoxy groups -OCH3 is 1. The summed E-state index contributed by atoms with van der Waals surface area (Å²) in [6.45, 7) is 1.93. The summed E-state index contributed by atoms with van der Waals surface area (Å²) in [5.74, 6) is -0.687. The van der Waals surface area contributed by atoms with Gasteiger partial charge in [0.05, 0.1) is 24.4 Å². The molecule has 7 heteroatoms. The molecule has 1 amide bonds. The molecule has 0 unspecified atom stereocenters. The van der Waals surface area contributed by atoms with Crippen LogP contribution in [0.4, 0.5) is 5.69 Å². The summed E-state index contributed by atoms with van der Waals surface area (Å²) in [5.41, 5.74) is 0.878. The highest BCUT2D eigenvalue weighted by atomic mass is 35.5. The zero-order chi connectivity index (χ0) is 17.7. The minimum Gasteiger partial charge on any atom is -0.496 e. The van der Waals surface area contributed by atoms with E-state index in [1.807, 2.05) is 0 Å². The van der Waals surface area contributed by atoms with Crippen LogP contribution in [0.5, 0.6) is 5.75 Å². The Morgan fingerprint density at radius 2 is 1.92 bits per heavy atom. The second-order valence-corrected chi connectivity index (χ2v) is 5.56. The van der Waals surface area contributed by atoms with E-state index in [1.54, 1.807) is 25.1 Å². The highest BCUT2D eigenvalue weighted by Crippen LogP contribution is 2.32. The van der Waals surface area contributed by atoms with Crippen LogP contribution in [-0.2, 0) is 4.74 Å². The molecule has 0 fully saturated rings. The number of carbonyl (C=O) groups is 2. The third-order valence-electron chi connectivity index (χ3n) is 3.12. The summed E-state index contributed by atoms with van der Waals surface area (Å²) in [4.78, 5) is 24.2. The number of carbonyl (C=O) groups excluding carboxylic acids is 2. The molecule has 2 rings (SSSR count). The zero-order valence-corrected chi connectivity index (χ0v) is 14.6. The van der Waals surface area contributed by atoms with Gasteiger partial charge in [0.25, 0.3) is 5.91 Å². The summed E-state index contributed by atoms with van der Waals surface area (Å²) in [6.07, 6.45) is 0. The van der Waals surface area contributed by atoms with Crippen LogP contribution in [0.3, 0.4) is 0 Å². The minimum absolute atomic E-state index is 0.185. The van der Waals surface area contributed by atoms with Gasteiger partial charge in [0.1, 0.15) is 11.3 Å². The Kier molecular flexibility index (Phi) is 6.06. The van der Waals surface area contributed by atoms with E-state index in [4.69, 9.17) is 32.7 Å². The molecule has 0 aliphatic carbocycles. The van der Waals surface area contributed by atoms with Gasteiger partial charge in [0.2, 0.25) is 0 Å². The van der Waals surface area contributed by atoms with Crippen LogP contribution in [0.1, 0.15) is 27.6 Å². The van der Waals surface area contributed by atoms with Gasteiger partial charge in [-0.05, 0) is 31.2 Å². The van der Waals surface area contributed by atoms with Crippen LogP contribution >= 0.6 is 23.2 Å². The first kappa shape index (κ1) is 18.1. The fourth-order valence-corrected chi connectivity index (χ4v) is 2.41. The first-order valence-electron chi connectivity index (χ1n) is 7.07. The Morgan fingerprint density at radius 1 is 1.17 bits per heavy atom. The Balaban J connectivity index is 2.31. The number of benzene rings is 2. The first-order valence-corrected chi connectivity index (χ1v) is 7.83. The number of esters is 1. The second kappa shape index (κ2) is 8.04. The normalized spacial score (nSPS) is 10.2. The number of hydrogen-bond donors (Lipinski definition) is 1. The lowest BCUT2D eigenvalue weighted by Gasteiger charge is -2.13.